The van der Waals surface area contributed by atoms with Gasteiger partial charge in [-0.15, -0.1) is 0 Å². The van der Waals surface area contributed by atoms with Crippen LogP contribution in [0.5, 0.6) is 46.0 Å². The van der Waals surface area contributed by atoms with Crippen LogP contribution in [0.1, 0.15) is 359 Å². The third-order valence-corrected chi connectivity index (χ3v) is 25.1. The Bertz CT molecular complexity index is 4700. The minimum absolute atomic E-state index is 0.0150. The van der Waals surface area contributed by atoms with Crippen LogP contribution in [0.25, 0.3) is 0 Å². The van der Waals surface area contributed by atoms with Crippen molar-refractivity contribution in [3.63, 3.8) is 0 Å². The molecular weight excluding hydrogens is 1640 g/mol. The number of hydrogen-bond donors (Lipinski definition) is 6. The number of benzene rings is 8. The van der Waals surface area contributed by atoms with E-state index in [-0.39, 0.29) is 66.2 Å². The molecule has 120 heavy (non-hydrogen) atoms. The van der Waals surface area contributed by atoms with Crippen LogP contribution in [-0.4, -0.2) is 50.5 Å². The molecule has 11 rings (SSSR count). The minimum Gasteiger partial charge on any atom is -0.508 e. The van der Waals surface area contributed by atoms with Gasteiger partial charge in [0.05, 0.1) is 14.2 Å². The number of methoxy groups -OCH3 is 2. The molecule has 0 aliphatic heterocycles. The summed E-state index contributed by atoms with van der Waals surface area (Å²) in [5, 5.41) is 64.0. The van der Waals surface area contributed by atoms with Crippen molar-refractivity contribution in [1.82, 2.24) is 0 Å². The molecule has 3 saturated carbocycles. The molecule has 0 spiro atoms. The van der Waals surface area contributed by atoms with Gasteiger partial charge in [-0.05, 0) is 301 Å². The van der Waals surface area contributed by atoms with Crippen molar-refractivity contribution in [1.29, 1.82) is 0 Å². The van der Waals surface area contributed by atoms with Crippen molar-refractivity contribution >= 4 is 81.2 Å². The van der Waals surface area contributed by atoms with E-state index in [1.807, 2.05) is 71.0 Å². The first-order chi connectivity index (χ1) is 54.4. The number of rotatable bonds is 8. The highest BCUT2D eigenvalue weighted by Gasteiger charge is 2.53. The molecule has 3 fully saturated rings. The summed E-state index contributed by atoms with van der Waals surface area (Å²) in [5.74, 6) is 4.42. The van der Waals surface area contributed by atoms with E-state index >= 15 is 0 Å². The number of alkyl halides is 1. The first-order valence-electron chi connectivity index (χ1n) is 42.3. The Morgan fingerprint density at radius 2 is 0.667 bits per heavy atom. The molecule has 2 unspecified atom stereocenters. The lowest BCUT2D eigenvalue weighted by atomic mass is 9.77. The second-order valence-electron chi connectivity index (χ2n) is 42.0. The van der Waals surface area contributed by atoms with E-state index in [0.717, 1.165) is 101 Å². The number of halogens is 8. The number of phenolic OH excluding ortho intramolecular Hbond substituents is 6. The maximum absolute atomic E-state index is 13.7. The molecule has 6 N–H and O–H groups in total. The fourth-order valence-corrected chi connectivity index (χ4v) is 16.1. The van der Waals surface area contributed by atoms with Gasteiger partial charge in [0, 0.05) is 41.1 Å². The molecule has 3 aliphatic rings. The Hall–Kier alpha value is -5.88. The predicted octanol–water partition coefficient (Wildman–Crippen LogP) is 33.4. The molecule has 2 atom stereocenters. The van der Waals surface area contributed by atoms with Crippen molar-refractivity contribution in [2.24, 2.45) is 0 Å². The Morgan fingerprint density at radius 1 is 0.367 bits per heavy atom. The maximum Gasteiger partial charge on any atom is 0.124 e. The Kier molecular flexibility index (Phi) is 36.8. The predicted molar refractivity (Wildman–Crippen MR) is 516 cm³/mol. The second-order valence-corrected chi connectivity index (χ2v) is 44.8. The van der Waals surface area contributed by atoms with E-state index in [0.29, 0.717) is 61.3 Å². The van der Waals surface area contributed by atoms with Crippen LogP contribution < -0.4 is 9.47 Å². The zero-order chi connectivity index (χ0) is 92.6. The highest BCUT2D eigenvalue weighted by molar-refractivity contribution is 6.33. The lowest BCUT2D eigenvalue weighted by Crippen LogP contribution is -2.15. The molecule has 0 bridgehead atoms. The van der Waals surface area contributed by atoms with E-state index in [1.54, 1.807) is 45.4 Å². The van der Waals surface area contributed by atoms with Crippen LogP contribution in [0.2, 0.25) is 35.2 Å². The maximum atomic E-state index is 13.7. The molecule has 8 aromatic rings. The van der Waals surface area contributed by atoms with E-state index in [4.69, 9.17) is 90.7 Å². The molecule has 666 valence electrons. The van der Waals surface area contributed by atoms with Crippen molar-refractivity contribution in [3.8, 4) is 46.0 Å². The Morgan fingerprint density at radius 3 is 0.992 bits per heavy atom. The first kappa shape index (κ1) is 106. The van der Waals surface area contributed by atoms with Crippen LogP contribution in [0, 0.1) is 20.8 Å². The summed E-state index contributed by atoms with van der Waals surface area (Å²) in [6.45, 7) is 68.9. The van der Waals surface area contributed by atoms with Gasteiger partial charge in [-0.1, -0.05) is 313 Å². The van der Waals surface area contributed by atoms with Gasteiger partial charge in [0.25, 0.3) is 0 Å². The zero-order valence-corrected chi connectivity index (χ0v) is 84.4. The van der Waals surface area contributed by atoms with Crippen molar-refractivity contribution in [3.05, 3.63) is 227 Å². The molecule has 8 aromatic carbocycles. The molecule has 8 nitrogen and oxygen atoms in total. The molecule has 0 aromatic heterocycles. The van der Waals surface area contributed by atoms with Gasteiger partial charge in [0.1, 0.15) is 51.7 Å². The SMILES string of the molecule is CC(C)(C)c1cc(C2(C)CC2)c(Cl)cc1O.CC(C)(C)c1cc(C2CC2(C)F)c(Cl)cc1O.CC(C)(C)c1cc(C2CCC2)c(Cl)cc1O.CC(C)c1cc(C(C)(C)C)c(O)cc1Cl.CCc1cc(C(C)(C)C)c(O)cc1Cl.CCc1cc(O)c(C(C)(C)C)cc1C.COc1cc(Cl)c(C)cc1C(C)(C)C.COc1cc(Cl)c(C)cc1C(C)(C)C. The quantitative estimate of drug-likeness (QED) is 0.0884. The highest BCUT2D eigenvalue weighted by Crippen LogP contribution is 2.57. The molecule has 16 heteroatoms. The average Bonchev–Trinajstić information content (AvgIpc) is 1.60. The van der Waals surface area contributed by atoms with Gasteiger partial charge in [-0.2, -0.15) is 0 Å². The number of aryl methyl sites for hydroxylation is 5. The lowest BCUT2D eigenvalue weighted by molar-refractivity contribution is 0.328. The standard InChI is InChI=1S/C14H18ClFO.2C14H19ClO.C13H19ClO.C13H20O.3C12H17ClO/c1-13(2,3)9-5-8(10-7-14(10,4)16)11(15)6-12(9)17;1-13(2,3)10-7-9(14(4)5-6-14)11(15)8-12(10)16;1-14(2,3)11-7-10(9-5-4-6-9)12(15)8-13(11)16;1-8(2)9-6-10(13(3,4)5)12(15)7-11(9)14;1-6-10-8-12(14)11(7-9(10)2)13(3,4)5;2*1-8-6-9(12(2,3)4)11(14-5)7-10(8)13;1-5-8-6-9(12(2,3)4)11(14)7-10(8)13/h5-6,10,17H,7H2,1-4H3;7-8,16H,5-6H2,1-4H3;7-9,16H,4-6H2,1-3H3;6-8,15H,1-5H3;7-8,14H,6H2,1-5H3;2*6-7H,1-5H3;6-7,14H,5H2,1-4H3. The Labute approximate surface area is 759 Å². The number of ether oxygens (including phenoxy) is 2. The normalized spacial score (nSPS) is 15.8. The van der Waals surface area contributed by atoms with Crippen LogP contribution >= 0.6 is 81.2 Å². The van der Waals surface area contributed by atoms with Crippen molar-refractivity contribution in [2.75, 3.05) is 14.2 Å². The van der Waals surface area contributed by atoms with Crippen molar-refractivity contribution in [2.45, 2.75) is 352 Å². The number of aromatic hydroxyl groups is 6. The topological polar surface area (TPSA) is 140 Å². The van der Waals surface area contributed by atoms with E-state index < -0.39 is 5.67 Å². The van der Waals surface area contributed by atoms with E-state index in [9.17, 15) is 35.0 Å². The van der Waals surface area contributed by atoms with Crippen LogP contribution in [0.3, 0.4) is 0 Å². The van der Waals surface area contributed by atoms with Crippen LogP contribution in [-0.2, 0) is 61.6 Å². The van der Waals surface area contributed by atoms with Crippen molar-refractivity contribution < 1.29 is 44.5 Å². The summed E-state index contributed by atoms with van der Waals surface area (Å²) in [7, 11) is 3.35. The zero-order valence-electron chi connectivity index (χ0n) is 79.2. The fraction of sp³-hybridized carbons (Fsp3) is 0.538. The lowest BCUT2D eigenvalue weighted by Gasteiger charge is -2.29. The molecule has 0 heterocycles. The summed E-state index contributed by atoms with van der Waals surface area (Å²) < 4.78 is 24.4. The Balaban J connectivity index is 0.000000289. The van der Waals surface area contributed by atoms with Gasteiger partial charge in [0.15, 0.2) is 0 Å². The minimum atomic E-state index is -1.14. The third-order valence-electron chi connectivity index (χ3n) is 22.6. The van der Waals surface area contributed by atoms with Gasteiger partial charge >= 0.3 is 0 Å². The van der Waals surface area contributed by atoms with Crippen LogP contribution in [0.4, 0.5) is 4.39 Å². The summed E-state index contributed by atoms with van der Waals surface area (Å²) in [4.78, 5) is 0. The third kappa shape index (κ3) is 29.6. The number of phenols is 6. The molecular formula is C104H146Cl7FO8. The van der Waals surface area contributed by atoms with E-state index in [2.05, 4.69) is 217 Å². The summed E-state index contributed by atoms with van der Waals surface area (Å²) in [6, 6.07) is 30.3. The van der Waals surface area contributed by atoms with Gasteiger partial charge in [0.2, 0.25) is 0 Å². The molecule has 0 saturated heterocycles. The van der Waals surface area contributed by atoms with Crippen LogP contribution in [0.15, 0.2) is 97.1 Å². The second kappa shape index (κ2) is 41.5. The largest absolute Gasteiger partial charge is 0.508 e. The average molecular weight is 1790 g/mol. The summed E-state index contributed by atoms with van der Waals surface area (Å²) in [6.07, 6.45) is 8.53. The fourth-order valence-electron chi connectivity index (χ4n) is 14.2. The monoisotopic (exact) mass is 1790 g/mol. The number of hydrogen-bond acceptors (Lipinski definition) is 8. The highest BCUT2D eigenvalue weighted by atomic mass is 35.5. The van der Waals surface area contributed by atoms with Gasteiger partial charge < -0.3 is 40.1 Å². The first-order valence-corrected chi connectivity index (χ1v) is 44.9. The molecule has 3 aliphatic carbocycles. The van der Waals surface area contributed by atoms with E-state index in [1.165, 1.54) is 71.6 Å². The molecule has 0 amide bonds. The summed E-state index contributed by atoms with van der Waals surface area (Å²) in [5.41, 5.74) is 17.2. The van der Waals surface area contributed by atoms with Gasteiger partial charge in [-0.3, -0.25) is 0 Å². The molecule has 0 radical (unpaired) electrons. The van der Waals surface area contributed by atoms with Gasteiger partial charge in [-0.25, -0.2) is 4.39 Å². The summed E-state index contributed by atoms with van der Waals surface area (Å²) >= 11 is 42.7. The smallest absolute Gasteiger partial charge is 0.124 e.